The molecule has 1 N–H and O–H groups in total. The fourth-order valence-corrected chi connectivity index (χ4v) is 5.25. The highest BCUT2D eigenvalue weighted by atomic mass is 35.5. The van der Waals surface area contributed by atoms with Crippen molar-refractivity contribution in [3.8, 4) is 16.1 Å². The molecule has 2 aromatic carbocycles. The minimum Gasteiger partial charge on any atom is -0.320 e. The van der Waals surface area contributed by atoms with Gasteiger partial charge in [0.1, 0.15) is 5.69 Å². The molecule has 0 aliphatic carbocycles. The van der Waals surface area contributed by atoms with E-state index in [2.05, 4.69) is 5.32 Å². The Morgan fingerprint density at radius 1 is 1.09 bits per heavy atom. The maximum atomic E-state index is 13.0. The van der Waals surface area contributed by atoms with Crippen LogP contribution in [-0.2, 0) is 18.4 Å². The molecule has 0 aliphatic heterocycles. The van der Waals surface area contributed by atoms with Gasteiger partial charge in [-0.1, -0.05) is 48.0 Å². The van der Waals surface area contributed by atoms with Crippen LogP contribution in [0.1, 0.15) is 12.1 Å². The highest BCUT2D eigenvalue weighted by Gasteiger charge is 2.18. The van der Waals surface area contributed by atoms with E-state index in [0.717, 1.165) is 5.56 Å². The average molecular weight is 513 g/mol. The Balaban J connectivity index is 1.53. The lowest BCUT2D eigenvalue weighted by atomic mass is 10.2. The Hall–Kier alpha value is -3.27. The van der Waals surface area contributed by atoms with Gasteiger partial charge in [0.25, 0.3) is 11.1 Å². The summed E-state index contributed by atoms with van der Waals surface area (Å²) >= 11 is 12.9. The fraction of sp³-hybridized carbons (Fsp3) is 0.167. The predicted molar refractivity (Wildman–Crippen MR) is 139 cm³/mol. The first kappa shape index (κ1) is 23.9. The van der Waals surface area contributed by atoms with Crippen molar-refractivity contribution in [2.24, 2.45) is 7.05 Å². The van der Waals surface area contributed by atoms with E-state index >= 15 is 0 Å². The molecule has 174 valence electrons. The summed E-state index contributed by atoms with van der Waals surface area (Å²) in [6, 6.07) is 17.9. The summed E-state index contributed by atoms with van der Waals surface area (Å²) in [4.78, 5) is 39.0. The van der Waals surface area contributed by atoms with Gasteiger partial charge < -0.3 is 5.32 Å². The van der Waals surface area contributed by atoms with Gasteiger partial charge in [0.2, 0.25) is 5.91 Å². The van der Waals surface area contributed by atoms with Crippen LogP contribution < -0.4 is 16.4 Å². The predicted octanol–water partition coefficient (Wildman–Crippen LogP) is 4.79. The van der Waals surface area contributed by atoms with Crippen LogP contribution in [0.2, 0.25) is 5.02 Å². The SMILES string of the molecule is Cc1c(NC(=O)CCn2c(=O)cc(-c3ccccc3Cl)sc2=S)c(=O)n(-c2ccccc2)n1C. The second-order valence-corrected chi connectivity index (χ2v) is 9.66. The monoisotopic (exact) mass is 512 g/mol. The highest BCUT2D eigenvalue weighted by molar-refractivity contribution is 7.73. The van der Waals surface area contributed by atoms with Gasteiger partial charge in [-0.3, -0.25) is 23.6 Å². The van der Waals surface area contributed by atoms with E-state index in [1.54, 1.807) is 24.7 Å². The van der Waals surface area contributed by atoms with Crippen molar-refractivity contribution in [3.63, 3.8) is 0 Å². The molecule has 0 saturated heterocycles. The van der Waals surface area contributed by atoms with Crippen LogP contribution >= 0.6 is 35.2 Å². The molecule has 0 saturated carbocycles. The first-order chi connectivity index (χ1) is 16.3. The summed E-state index contributed by atoms with van der Waals surface area (Å²) in [7, 11) is 1.75. The lowest BCUT2D eigenvalue weighted by molar-refractivity contribution is -0.116. The maximum absolute atomic E-state index is 13.0. The van der Waals surface area contributed by atoms with Crippen LogP contribution in [0.3, 0.4) is 0 Å². The minimum atomic E-state index is -0.382. The van der Waals surface area contributed by atoms with Crippen molar-refractivity contribution in [1.29, 1.82) is 0 Å². The number of rotatable bonds is 6. The number of amides is 1. The number of nitrogens with zero attached hydrogens (tertiary/aromatic N) is 3. The van der Waals surface area contributed by atoms with Gasteiger partial charge in [-0.05, 0) is 37.3 Å². The summed E-state index contributed by atoms with van der Waals surface area (Å²) < 4.78 is 4.90. The molecule has 2 aromatic heterocycles. The average Bonchev–Trinajstić information content (AvgIpc) is 3.02. The zero-order valence-corrected chi connectivity index (χ0v) is 20.8. The molecule has 0 atom stereocenters. The van der Waals surface area contributed by atoms with E-state index in [-0.39, 0.29) is 35.7 Å². The molecule has 0 radical (unpaired) electrons. The lowest BCUT2D eigenvalue weighted by Crippen LogP contribution is -2.25. The number of para-hydroxylation sites is 1. The Morgan fingerprint density at radius 3 is 2.44 bits per heavy atom. The van der Waals surface area contributed by atoms with Crippen molar-refractivity contribution in [2.45, 2.75) is 19.9 Å². The molecule has 0 spiro atoms. The second kappa shape index (κ2) is 9.92. The molecule has 0 fully saturated rings. The molecule has 10 heteroatoms. The third kappa shape index (κ3) is 4.68. The number of hydrogen-bond donors (Lipinski definition) is 1. The zero-order chi connectivity index (χ0) is 24.4. The van der Waals surface area contributed by atoms with E-state index in [0.29, 0.717) is 25.2 Å². The molecule has 1 amide bonds. The molecule has 4 rings (SSSR count). The highest BCUT2D eigenvalue weighted by Crippen LogP contribution is 2.29. The van der Waals surface area contributed by atoms with Gasteiger partial charge in [0.05, 0.1) is 11.4 Å². The third-order valence-electron chi connectivity index (χ3n) is 5.46. The van der Waals surface area contributed by atoms with E-state index in [1.807, 2.05) is 48.5 Å². The molecule has 4 aromatic rings. The van der Waals surface area contributed by atoms with E-state index in [4.69, 9.17) is 23.8 Å². The summed E-state index contributed by atoms with van der Waals surface area (Å²) in [6.45, 7) is 1.86. The molecule has 7 nitrogen and oxygen atoms in total. The van der Waals surface area contributed by atoms with Crippen molar-refractivity contribution in [1.82, 2.24) is 13.9 Å². The summed E-state index contributed by atoms with van der Waals surface area (Å²) in [5, 5.41) is 3.24. The van der Waals surface area contributed by atoms with Crippen LogP contribution in [0, 0.1) is 10.9 Å². The van der Waals surface area contributed by atoms with Crippen LogP contribution in [0.25, 0.3) is 16.1 Å². The number of carbonyl (C=O) groups excluding carboxylic acids is 1. The number of hydrogen-bond acceptors (Lipinski definition) is 5. The minimum absolute atomic E-state index is 0.0131. The quantitative estimate of drug-likeness (QED) is 0.377. The molecule has 0 bridgehead atoms. The van der Waals surface area contributed by atoms with Gasteiger partial charge in [-0.2, -0.15) is 0 Å². The first-order valence-corrected chi connectivity index (χ1v) is 12.0. The van der Waals surface area contributed by atoms with Crippen LogP contribution in [0.5, 0.6) is 0 Å². The number of carbonyl (C=O) groups is 1. The van der Waals surface area contributed by atoms with E-state index in [9.17, 15) is 14.4 Å². The van der Waals surface area contributed by atoms with E-state index < -0.39 is 0 Å². The molecular weight excluding hydrogens is 492 g/mol. The third-order valence-corrected chi connectivity index (χ3v) is 7.21. The van der Waals surface area contributed by atoms with Gasteiger partial charge in [-0.25, -0.2) is 4.68 Å². The van der Waals surface area contributed by atoms with Gasteiger partial charge in [-0.15, -0.1) is 11.3 Å². The number of benzene rings is 2. The van der Waals surface area contributed by atoms with E-state index in [1.165, 1.54) is 26.7 Å². The smallest absolute Gasteiger partial charge is 0.295 e. The van der Waals surface area contributed by atoms with Crippen molar-refractivity contribution in [3.05, 3.63) is 96.0 Å². The van der Waals surface area contributed by atoms with Gasteiger partial charge >= 0.3 is 0 Å². The summed E-state index contributed by atoms with van der Waals surface area (Å²) in [6.07, 6.45) is -0.0131. The molecule has 2 heterocycles. The van der Waals surface area contributed by atoms with Crippen LogP contribution in [0.4, 0.5) is 5.69 Å². The van der Waals surface area contributed by atoms with Gasteiger partial charge in [0, 0.05) is 41.5 Å². The van der Waals surface area contributed by atoms with Crippen LogP contribution in [0.15, 0.2) is 70.3 Å². The molecule has 34 heavy (non-hydrogen) atoms. The zero-order valence-electron chi connectivity index (χ0n) is 18.4. The number of halogens is 1. The standard InChI is InChI=1S/C24H21ClN4O3S2/c1-15-22(23(32)29(27(15)2)16-8-4-3-5-9-16)26-20(30)12-13-28-21(31)14-19(34-24(28)33)17-10-6-7-11-18(17)25/h3-11,14H,12-13H2,1-2H3,(H,26,30). The number of nitrogens with one attached hydrogen (secondary N) is 1. The normalized spacial score (nSPS) is 10.9. The van der Waals surface area contributed by atoms with Gasteiger partial charge in [0.15, 0.2) is 3.95 Å². The largest absolute Gasteiger partial charge is 0.320 e. The Bertz CT molecular complexity index is 1520. The Labute approximate surface area is 209 Å². The Kier molecular flexibility index (Phi) is 6.97. The van der Waals surface area contributed by atoms with Crippen molar-refractivity contribution in [2.75, 3.05) is 5.32 Å². The second-order valence-electron chi connectivity index (χ2n) is 7.58. The number of anilines is 1. The Morgan fingerprint density at radius 2 is 1.76 bits per heavy atom. The summed E-state index contributed by atoms with van der Waals surface area (Å²) in [5.41, 5.74) is 1.62. The van der Waals surface area contributed by atoms with Crippen molar-refractivity contribution >= 4 is 46.8 Å². The van der Waals surface area contributed by atoms with Crippen LogP contribution in [-0.4, -0.2) is 19.8 Å². The fourth-order valence-electron chi connectivity index (χ4n) is 3.58. The van der Waals surface area contributed by atoms with Crippen molar-refractivity contribution < 1.29 is 4.79 Å². The molecule has 0 aliphatic rings. The number of aromatic nitrogens is 3. The molecular formula is C24H21ClN4O3S2. The first-order valence-electron chi connectivity index (χ1n) is 10.4. The summed E-state index contributed by atoms with van der Waals surface area (Å²) in [5.74, 6) is -0.382. The maximum Gasteiger partial charge on any atom is 0.295 e. The lowest BCUT2D eigenvalue weighted by Gasteiger charge is -2.08. The topological polar surface area (TPSA) is 78.0 Å². The molecule has 0 unspecified atom stereocenters.